The molecular weight excluding hydrogens is 372 g/mol. The molecule has 26 heavy (non-hydrogen) atoms. The maximum Gasteiger partial charge on any atom is 0.251 e. The molecule has 0 atom stereocenters. The number of sulfonamides is 1. The molecule has 1 amide bonds. The fraction of sp³-hybridized carbons (Fsp3) is 0.118. The molecule has 0 bridgehead atoms. The van der Waals surface area contributed by atoms with Gasteiger partial charge in [-0.3, -0.25) is 9.78 Å². The number of aryl methyl sites for hydroxylation is 1. The number of rotatable bonds is 5. The van der Waals surface area contributed by atoms with Crippen molar-refractivity contribution in [1.82, 2.24) is 15.3 Å². The second kappa shape index (κ2) is 7.32. The predicted molar refractivity (Wildman–Crippen MR) is 99.1 cm³/mol. The summed E-state index contributed by atoms with van der Waals surface area (Å²) in [7, 11) is -3.77. The summed E-state index contributed by atoms with van der Waals surface area (Å²) in [4.78, 5) is 21.8. The second-order valence-electron chi connectivity index (χ2n) is 5.52. The summed E-state index contributed by atoms with van der Waals surface area (Å²) in [6, 6.07) is 9.25. The molecule has 134 valence electrons. The van der Waals surface area contributed by atoms with Gasteiger partial charge in [0.25, 0.3) is 5.91 Å². The second-order valence-corrected chi connectivity index (χ2v) is 8.17. The largest absolute Gasteiger partial charge is 0.347 e. The zero-order chi connectivity index (χ0) is 18.7. The number of pyridine rings is 1. The molecule has 2 aromatic heterocycles. The summed E-state index contributed by atoms with van der Waals surface area (Å²) in [5.41, 5.74) is 2.13. The van der Waals surface area contributed by atoms with Crippen LogP contribution in [0.2, 0.25) is 0 Å². The number of aromatic nitrogens is 2. The van der Waals surface area contributed by atoms with Crippen LogP contribution in [0.3, 0.4) is 0 Å². The maximum atomic E-state index is 12.2. The van der Waals surface area contributed by atoms with Crippen molar-refractivity contribution in [1.29, 1.82) is 0 Å². The van der Waals surface area contributed by atoms with Crippen LogP contribution in [0.5, 0.6) is 0 Å². The van der Waals surface area contributed by atoms with Gasteiger partial charge in [0, 0.05) is 28.4 Å². The molecule has 3 aromatic rings. The van der Waals surface area contributed by atoms with Crippen molar-refractivity contribution in [3.8, 4) is 10.6 Å². The number of carbonyl (C=O) groups excluding carboxylic acids is 1. The average Bonchev–Trinajstić information content (AvgIpc) is 3.00. The van der Waals surface area contributed by atoms with Crippen LogP contribution in [0.1, 0.15) is 20.9 Å². The Morgan fingerprint density at radius 2 is 1.96 bits per heavy atom. The molecule has 2 heterocycles. The first-order chi connectivity index (χ1) is 12.3. The summed E-state index contributed by atoms with van der Waals surface area (Å²) in [6.45, 7) is 2.22. The van der Waals surface area contributed by atoms with Crippen LogP contribution in [0.4, 0.5) is 0 Å². The van der Waals surface area contributed by atoms with Crippen LogP contribution >= 0.6 is 11.3 Å². The van der Waals surface area contributed by atoms with Gasteiger partial charge in [0.2, 0.25) is 10.0 Å². The number of nitrogens with one attached hydrogen (secondary N) is 1. The van der Waals surface area contributed by atoms with Crippen LogP contribution in [0, 0.1) is 6.92 Å². The van der Waals surface area contributed by atoms with Gasteiger partial charge in [0.1, 0.15) is 5.01 Å². The standard InChI is InChI=1S/C17H16N4O3S2/c1-11-15(25-17(21-11)13-3-2-8-19-9-13)10-20-16(22)12-4-6-14(7-5-12)26(18,23)24/h2-9H,10H2,1H3,(H,20,22)(H2,18,23,24). The fourth-order valence-corrected chi connectivity index (χ4v) is 3.77. The molecule has 3 N–H and O–H groups in total. The minimum absolute atomic E-state index is 0.0338. The van der Waals surface area contributed by atoms with Gasteiger partial charge < -0.3 is 5.32 Å². The van der Waals surface area contributed by atoms with Crippen LogP contribution in [0.25, 0.3) is 10.6 Å². The zero-order valence-corrected chi connectivity index (χ0v) is 15.5. The number of benzene rings is 1. The highest BCUT2D eigenvalue weighted by Gasteiger charge is 2.13. The first-order valence-electron chi connectivity index (χ1n) is 7.62. The van der Waals surface area contributed by atoms with Gasteiger partial charge in [0.05, 0.1) is 17.1 Å². The monoisotopic (exact) mass is 388 g/mol. The molecule has 0 radical (unpaired) electrons. The van der Waals surface area contributed by atoms with Crippen molar-refractivity contribution in [2.24, 2.45) is 5.14 Å². The Morgan fingerprint density at radius 1 is 1.23 bits per heavy atom. The van der Waals surface area contributed by atoms with E-state index in [4.69, 9.17) is 5.14 Å². The molecule has 0 saturated heterocycles. The van der Waals surface area contributed by atoms with Gasteiger partial charge >= 0.3 is 0 Å². The molecule has 0 aliphatic carbocycles. The van der Waals surface area contributed by atoms with E-state index in [0.717, 1.165) is 21.1 Å². The normalized spacial score (nSPS) is 11.3. The first kappa shape index (κ1) is 18.2. The van der Waals surface area contributed by atoms with Gasteiger partial charge in [-0.25, -0.2) is 18.5 Å². The lowest BCUT2D eigenvalue weighted by atomic mass is 10.2. The third kappa shape index (κ3) is 4.13. The van der Waals surface area contributed by atoms with Crippen molar-refractivity contribution in [2.75, 3.05) is 0 Å². The van der Waals surface area contributed by atoms with E-state index in [-0.39, 0.29) is 10.8 Å². The smallest absolute Gasteiger partial charge is 0.251 e. The Hall–Kier alpha value is -2.62. The summed E-state index contributed by atoms with van der Waals surface area (Å²) in [5.74, 6) is -0.304. The molecular formula is C17H16N4O3S2. The SMILES string of the molecule is Cc1nc(-c2cccnc2)sc1CNC(=O)c1ccc(S(N)(=O)=O)cc1. The molecule has 7 nitrogen and oxygen atoms in total. The van der Waals surface area contributed by atoms with E-state index in [2.05, 4.69) is 15.3 Å². The number of thiazole rings is 1. The first-order valence-corrected chi connectivity index (χ1v) is 9.98. The van der Waals surface area contributed by atoms with Gasteiger partial charge in [-0.2, -0.15) is 0 Å². The molecule has 1 aromatic carbocycles. The van der Waals surface area contributed by atoms with Crippen molar-refractivity contribution >= 4 is 27.3 Å². The van der Waals surface area contributed by atoms with E-state index in [1.54, 1.807) is 12.4 Å². The molecule has 0 aliphatic heterocycles. The quantitative estimate of drug-likeness (QED) is 0.694. The summed E-state index contributed by atoms with van der Waals surface area (Å²) >= 11 is 1.49. The van der Waals surface area contributed by atoms with Crippen molar-refractivity contribution in [2.45, 2.75) is 18.4 Å². The molecule has 0 spiro atoms. The Morgan fingerprint density at radius 3 is 2.58 bits per heavy atom. The molecule has 0 saturated carbocycles. The summed E-state index contributed by atoms with van der Waals surface area (Å²) in [6.07, 6.45) is 3.44. The number of carbonyl (C=O) groups is 1. The van der Waals surface area contributed by atoms with Crippen LogP contribution in [0.15, 0.2) is 53.7 Å². The Bertz CT molecular complexity index is 1030. The molecule has 0 unspecified atom stereocenters. The highest BCUT2D eigenvalue weighted by atomic mass is 32.2. The number of primary sulfonamides is 1. The van der Waals surface area contributed by atoms with Gasteiger partial charge in [-0.1, -0.05) is 0 Å². The van der Waals surface area contributed by atoms with Gasteiger partial charge in [-0.15, -0.1) is 11.3 Å². The minimum Gasteiger partial charge on any atom is -0.347 e. The van der Waals surface area contributed by atoms with Crippen LogP contribution in [-0.4, -0.2) is 24.3 Å². The number of amides is 1. The third-order valence-electron chi connectivity index (χ3n) is 3.66. The van der Waals surface area contributed by atoms with E-state index in [9.17, 15) is 13.2 Å². The average molecular weight is 388 g/mol. The maximum absolute atomic E-state index is 12.2. The third-order valence-corrected chi connectivity index (χ3v) is 5.79. The van der Waals surface area contributed by atoms with Crippen molar-refractivity contribution in [3.05, 3.63) is 64.9 Å². The summed E-state index contributed by atoms with van der Waals surface area (Å²) < 4.78 is 22.5. The van der Waals surface area contributed by atoms with Gasteiger partial charge in [-0.05, 0) is 43.3 Å². The molecule has 0 aliphatic rings. The van der Waals surface area contributed by atoms with Crippen molar-refractivity contribution in [3.63, 3.8) is 0 Å². The molecule has 3 rings (SSSR count). The fourth-order valence-electron chi connectivity index (χ4n) is 2.26. The zero-order valence-electron chi connectivity index (χ0n) is 13.8. The van der Waals surface area contributed by atoms with E-state index < -0.39 is 10.0 Å². The lowest BCUT2D eigenvalue weighted by molar-refractivity contribution is 0.0951. The van der Waals surface area contributed by atoms with Crippen LogP contribution < -0.4 is 10.5 Å². The van der Waals surface area contributed by atoms with E-state index in [1.165, 1.54) is 35.6 Å². The number of hydrogen-bond donors (Lipinski definition) is 2. The topological polar surface area (TPSA) is 115 Å². The minimum atomic E-state index is -3.77. The predicted octanol–water partition coefficient (Wildman–Crippen LogP) is 2.09. The number of nitrogens with zero attached hydrogens (tertiary/aromatic N) is 2. The lowest BCUT2D eigenvalue weighted by Crippen LogP contribution is -2.22. The highest BCUT2D eigenvalue weighted by molar-refractivity contribution is 7.89. The highest BCUT2D eigenvalue weighted by Crippen LogP contribution is 2.27. The molecule has 9 heteroatoms. The van der Waals surface area contributed by atoms with Gasteiger partial charge in [0.15, 0.2) is 0 Å². The Balaban J connectivity index is 1.69. The van der Waals surface area contributed by atoms with Crippen molar-refractivity contribution < 1.29 is 13.2 Å². The van der Waals surface area contributed by atoms with E-state index >= 15 is 0 Å². The lowest BCUT2D eigenvalue weighted by Gasteiger charge is -2.05. The van der Waals surface area contributed by atoms with E-state index in [0.29, 0.717) is 12.1 Å². The van der Waals surface area contributed by atoms with E-state index in [1.807, 2.05) is 19.1 Å². The number of hydrogen-bond acceptors (Lipinski definition) is 6. The number of nitrogens with two attached hydrogens (primary N) is 1. The summed E-state index contributed by atoms with van der Waals surface area (Å²) in [5, 5.41) is 8.71. The molecule has 0 fully saturated rings. The van der Waals surface area contributed by atoms with Crippen LogP contribution in [-0.2, 0) is 16.6 Å². The Labute approximate surface area is 155 Å². The Kier molecular flexibility index (Phi) is 5.12.